The van der Waals surface area contributed by atoms with E-state index in [9.17, 15) is 18.0 Å². The van der Waals surface area contributed by atoms with Gasteiger partial charge in [0.2, 0.25) is 0 Å². The maximum Gasteiger partial charge on any atom is 0.355 e. The van der Waals surface area contributed by atoms with Crippen LogP contribution in [0.4, 0.5) is 5.69 Å². The fraction of sp³-hybridized carbons (Fsp3) is 0.310. The van der Waals surface area contributed by atoms with Gasteiger partial charge in [0, 0.05) is 13.1 Å². The smallest absolute Gasteiger partial charge is 0.355 e. The summed E-state index contributed by atoms with van der Waals surface area (Å²) in [6, 6.07) is 13.8. The van der Waals surface area contributed by atoms with Crippen molar-refractivity contribution < 1.29 is 27.5 Å². The van der Waals surface area contributed by atoms with Gasteiger partial charge in [0.25, 0.3) is 10.0 Å². The highest BCUT2D eigenvalue weighted by atomic mass is 32.2. The Balaban J connectivity index is 1.86. The molecule has 1 unspecified atom stereocenters. The molecule has 6 rings (SSSR count). The Kier molecular flexibility index (Phi) is 6.65. The number of hydrogen-bond donors (Lipinski definition) is 0. The molecule has 1 spiro atoms. The van der Waals surface area contributed by atoms with Crippen LogP contribution >= 0.6 is 0 Å². The van der Waals surface area contributed by atoms with Crippen LogP contribution in [0.2, 0.25) is 0 Å². The molecule has 0 aliphatic carbocycles. The lowest BCUT2D eigenvalue weighted by Gasteiger charge is -2.42. The largest absolute Gasteiger partial charge is 0.463 e. The summed E-state index contributed by atoms with van der Waals surface area (Å²) in [5.41, 5.74) is 1.35. The van der Waals surface area contributed by atoms with Gasteiger partial charge in [0.15, 0.2) is 0 Å². The van der Waals surface area contributed by atoms with E-state index in [4.69, 9.17) is 9.47 Å². The monoisotopic (exact) mass is 534 g/mol. The number of ether oxygens (including phenoxy) is 2. The van der Waals surface area contributed by atoms with E-state index in [-0.39, 0.29) is 29.4 Å². The van der Waals surface area contributed by atoms with E-state index >= 15 is 0 Å². The van der Waals surface area contributed by atoms with E-state index in [1.54, 1.807) is 62.4 Å². The first kappa shape index (κ1) is 25.8. The Morgan fingerprint density at radius 3 is 2.37 bits per heavy atom. The first-order chi connectivity index (χ1) is 18.3. The molecule has 0 fully saturated rings. The molecule has 4 aliphatic rings. The molecule has 38 heavy (non-hydrogen) atoms. The summed E-state index contributed by atoms with van der Waals surface area (Å²) < 4.78 is 40.8. The highest BCUT2D eigenvalue weighted by Gasteiger charge is 2.59. The third kappa shape index (κ3) is 3.84. The Bertz CT molecular complexity index is 1490. The summed E-state index contributed by atoms with van der Waals surface area (Å²) in [5.74, 6) is -1.31. The van der Waals surface area contributed by atoms with Crippen molar-refractivity contribution in [3.63, 3.8) is 0 Å². The lowest BCUT2D eigenvalue weighted by Crippen LogP contribution is -2.48. The highest BCUT2D eigenvalue weighted by molar-refractivity contribution is 7.93. The second-order valence-electron chi connectivity index (χ2n) is 9.35. The van der Waals surface area contributed by atoms with E-state index < -0.39 is 27.4 Å². The number of rotatable bonds is 6. The quantitative estimate of drug-likeness (QED) is 0.518. The molecule has 1 atom stereocenters. The third-order valence-corrected chi connectivity index (χ3v) is 8.94. The van der Waals surface area contributed by atoms with Crippen LogP contribution < -0.4 is 4.31 Å². The maximum atomic E-state index is 14.3. The van der Waals surface area contributed by atoms with Crippen LogP contribution in [0, 0.1) is 6.92 Å². The van der Waals surface area contributed by atoms with Crippen LogP contribution in [0.25, 0.3) is 0 Å². The number of allylic oxidation sites excluding steroid dienone is 3. The third-order valence-electron chi connectivity index (χ3n) is 7.20. The van der Waals surface area contributed by atoms with Gasteiger partial charge in [-0.3, -0.25) is 0 Å². The average Bonchev–Trinajstić information content (AvgIpc) is 3.23. The second-order valence-corrected chi connectivity index (χ2v) is 11.1. The molecule has 0 N–H and O–H groups in total. The van der Waals surface area contributed by atoms with Crippen molar-refractivity contribution in [2.75, 3.05) is 30.6 Å². The summed E-state index contributed by atoms with van der Waals surface area (Å²) in [7, 11) is -4.09. The molecular weight excluding hydrogens is 504 g/mol. The number of carbonyl (C=O) groups is 2. The highest BCUT2D eigenvalue weighted by Crippen LogP contribution is 2.58. The van der Waals surface area contributed by atoms with Crippen LogP contribution in [0.15, 0.2) is 88.6 Å². The standard InChI is InChI=1S/C29H30N2O6S/c1-4-36-27(32)25-26(28(33)37-5-2)30-18-9-8-12-24-29(25,17-19-30)22-10-6-7-11-23(22)31(24)38(34,35)21-15-13-20(3)14-16-21/h6-16H,4-5,17-19H2,1-3H3/b9-8-,24-12+. The Labute approximate surface area is 222 Å². The van der Waals surface area contributed by atoms with E-state index in [1.807, 2.05) is 30.0 Å². The number of fused-ring (bicyclic) bond motifs is 4. The van der Waals surface area contributed by atoms with Crippen molar-refractivity contribution in [3.05, 3.63) is 94.9 Å². The molecule has 2 bridgehead atoms. The van der Waals surface area contributed by atoms with E-state index in [2.05, 4.69) is 0 Å². The van der Waals surface area contributed by atoms with Crippen molar-refractivity contribution in [2.45, 2.75) is 37.5 Å². The minimum absolute atomic E-state index is 0.0961. The van der Waals surface area contributed by atoms with Crippen LogP contribution in [0.3, 0.4) is 0 Å². The zero-order chi connectivity index (χ0) is 27.1. The number of benzene rings is 2. The molecule has 2 aromatic carbocycles. The number of aryl methyl sites for hydroxylation is 1. The normalized spacial score (nSPS) is 22.4. The lowest BCUT2D eigenvalue weighted by atomic mass is 9.68. The Hall–Kier alpha value is -3.85. The van der Waals surface area contributed by atoms with Crippen LogP contribution in [0.5, 0.6) is 0 Å². The molecule has 0 saturated heterocycles. The molecule has 0 saturated carbocycles. The van der Waals surface area contributed by atoms with Crippen molar-refractivity contribution in [2.24, 2.45) is 0 Å². The summed E-state index contributed by atoms with van der Waals surface area (Å²) in [5, 5.41) is 0. The number of esters is 2. The van der Waals surface area contributed by atoms with Crippen molar-refractivity contribution in [1.82, 2.24) is 4.90 Å². The maximum absolute atomic E-state index is 14.3. The molecule has 0 amide bonds. The molecule has 9 heteroatoms. The minimum atomic E-state index is -4.09. The van der Waals surface area contributed by atoms with Crippen molar-refractivity contribution >= 4 is 27.6 Å². The van der Waals surface area contributed by atoms with Gasteiger partial charge in [-0.15, -0.1) is 0 Å². The number of hydrogen-bond acceptors (Lipinski definition) is 7. The topological polar surface area (TPSA) is 93.2 Å². The molecule has 2 aromatic rings. The van der Waals surface area contributed by atoms with Gasteiger partial charge in [-0.2, -0.15) is 0 Å². The molecular formula is C29H30N2O6S. The van der Waals surface area contributed by atoms with E-state index in [0.717, 1.165) is 5.56 Å². The predicted octanol–water partition coefficient (Wildman–Crippen LogP) is 3.98. The van der Waals surface area contributed by atoms with Crippen LogP contribution in [0.1, 0.15) is 31.4 Å². The summed E-state index contributed by atoms with van der Waals surface area (Å²) in [4.78, 5) is 29.1. The van der Waals surface area contributed by atoms with Gasteiger partial charge in [-0.05, 0) is 57.0 Å². The molecule has 4 aliphatic heterocycles. The van der Waals surface area contributed by atoms with Crippen LogP contribution in [-0.4, -0.2) is 51.6 Å². The first-order valence-corrected chi connectivity index (χ1v) is 14.1. The zero-order valence-electron chi connectivity index (χ0n) is 21.6. The summed E-state index contributed by atoms with van der Waals surface area (Å²) in [6.07, 6.45) is 5.73. The number of carbonyl (C=O) groups excluding carboxylic acids is 2. The van der Waals surface area contributed by atoms with Crippen molar-refractivity contribution in [3.8, 4) is 0 Å². The predicted molar refractivity (Wildman–Crippen MR) is 143 cm³/mol. The van der Waals surface area contributed by atoms with Gasteiger partial charge in [0.05, 0.1) is 40.5 Å². The van der Waals surface area contributed by atoms with Gasteiger partial charge in [0.1, 0.15) is 5.70 Å². The summed E-state index contributed by atoms with van der Waals surface area (Å²) in [6.45, 7) is 6.28. The van der Waals surface area contributed by atoms with E-state index in [0.29, 0.717) is 36.5 Å². The van der Waals surface area contributed by atoms with Gasteiger partial charge in [-0.25, -0.2) is 22.3 Å². The first-order valence-electron chi connectivity index (χ1n) is 12.7. The number of sulfonamides is 1. The molecule has 0 radical (unpaired) electrons. The van der Waals surface area contributed by atoms with Gasteiger partial charge in [-0.1, -0.05) is 48.0 Å². The molecule has 4 heterocycles. The second kappa shape index (κ2) is 9.79. The fourth-order valence-corrected chi connectivity index (χ4v) is 7.18. The van der Waals surface area contributed by atoms with Gasteiger partial charge >= 0.3 is 11.9 Å². The minimum Gasteiger partial charge on any atom is -0.463 e. The molecule has 0 aromatic heterocycles. The van der Waals surface area contributed by atoms with Crippen molar-refractivity contribution in [1.29, 1.82) is 0 Å². The zero-order valence-corrected chi connectivity index (χ0v) is 22.5. The summed E-state index contributed by atoms with van der Waals surface area (Å²) >= 11 is 0. The Morgan fingerprint density at radius 2 is 1.66 bits per heavy atom. The number of nitrogens with zero attached hydrogens (tertiary/aromatic N) is 2. The van der Waals surface area contributed by atoms with Crippen LogP contribution in [-0.2, 0) is 34.5 Å². The molecule has 198 valence electrons. The Morgan fingerprint density at radius 1 is 0.974 bits per heavy atom. The van der Waals surface area contributed by atoms with Gasteiger partial charge < -0.3 is 14.4 Å². The average molecular weight is 535 g/mol. The fourth-order valence-electron chi connectivity index (χ4n) is 5.60. The number of anilines is 1. The SMILES string of the molecule is CCOC(=O)C1=C(C(=O)OCC)C23CCN1C/C=C\C=C/2N(S(=O)(=O)c1ccc(C)cc1)c1ccccc13. The number of para-hydroxylation sites is 1. The lowest BCUT2D eigenvalue weighted by molar-refractivity contribution is -0.144. The van der Waals surface area contributed by atoms with E-state index in [1.165, 1.54) is 4.31 Å². The molecule has 8 nitrogen and oxygen atoms in total.